The van der Waals surface area contributed by atoms with Crippen LogP contribution in [0.4, 0.5) is 5.69 Å². The van der Waals surface area contributed by atoms with E-state index in [-0.39, 0.29) is 29.6 Å². The third kappa shape index (κ3) is 5.78. The van der Waals surface area contributed by atoms with Crippen molar-refractivity contribution >= 4 is 46.3 Å². The van der Waals surface area contributed by atoms with Gasteiger partial charge in [0.05, 0.1) is 0 Å². The maximum atomic E-state index is 12.4. The Morgan fingerprint density at radius 2 is 1.75 bits per heavy atom. The highest BCUT2D eigenvalue weighted by Gasteiger charge is 2.14. The van der Waals surface area contributed by atoms with Crippen LogP contribution < -0.4 is 16.2 Å². The quantitative estimate of drug-likeness (QED) is 0.388. The number of carbonyl (C=O) groups excluding carboxylic acids is 2. The molecule has 0 spiro atoms. The van der Waals surface area contributed by atoms with Gasteiger partial charge < -0.3 is 5.32 Å². The number of hydrogen-bond donors (Lipinski definition) is 3. The first-order valence-corrected chi connectivity index (χ1v) is 10.1. The van der Waals surface area contributed by atoms with Crippen molar-refractivity contribution in [1.29, 1.82) is 0 Å². The lowest BCUT2D eigenvalue weighted by Gasteiger charge is -2.16. The predicted molar refractivity (Wildman–Crippen MR) is 116 cm³/mol. The average Bonchev–Trinajstić information content (AvgIpc) is 2.70. The fourth-order valence-electron chi connectivity index (χ4n) is 3.20. The molecule has 0 unspecified atom stereocenters. The SMILES string of the molecule is O=C(CCC(=O)c1ccc2c(c1)CCCC2)NNC(=S)Nc1cccc(Cl)c1. The molecule has 0 heterocycles. The fraction of sp³-hybridized carbons (Fsp3) is 0.286. The highest BCUT2D eigenvalue weighted by molar-refractivity contribution is 7.80. The monoisotopic (exact) mass is 415 g/mol. The lowest BCUT2D eigenvalue weighted by Crippen LogP contribution is -2.43. The van der Waals surface area contributed by atoms with Crippen molar-refractivity contribution < 1.29 is 9.59 Å². The molecule has 5 nitrogen and oxygen atoms in total. The standard InChI is InChI=1S/C21H22ClN3O2S/c22-17-6-3-7-18(13-17)23-21(28)25-24-20(27)11-10-19(26)16-9-8-14-4-1-2-5-15(14)12-16/h3,6-9,12-13H,1-2,4-5,10-11H2,(H,24,27)(H2,23,25,28). The molecular formula is C21H22ClN3O2S. The topological polar surface area (TPSA) is 70.2 Å². The Hall–Kier alpha value is -2.44. The molecule has 3 N–H and O–H groups in total. The summed E-state index contributed by atoms with van der Waals surface area (Å²) in [6.07, 6.45) is 4.73. The maximum Gasteiger partial charge on any atom is 0.238 e. The zero-order valence-electron chi connectivity index (χ0n) is 15.4. The smallest absolute Gasteiger partial charge is 0.238 e. The van der Waals surface area contributed by atoms with E-state index in [4.69, 9.17) is 23.8 Å². The predicted octanol–water partition coefficient (Wildman–Crippen LogP) is 4.20. The first-order valence-electron chi connectivity index (χ1n) is 9.27. The van der Waals surface area contributed by atoms with Crippen molar-refractivity contribution in [1.82, 2.24) is 10.9 Å². The molecule has 146 valence electrons. The molecule has 0 aliphatic heterocycles. The van der Waals surface area contributed by atoms with Gasteiger partial charge in [-0.05, 0) is 73.3 Å². The first kappa shape index (κ1) is 20.3. The highest BCUT2D eigenvalue weighted by atomic mass is 35.5. The van der Waals surface area contributed by atoms with Crippen LogP contribution in [0, 0.1) is 0 Å². The van der Waals surface area contributed by atoms with E-state index in [9.17, 15) is 9.59 Å². The van der Waals surface area contributed by atoms with Gasteiger partial charge in [0.15, 0.2) is 10.9 Å². The molecular weight excluding hydrogens is 394 g/mol. The summed E-state index contributed by atoms with van der Waals surface area (Å²) in [5.41, 5.74) is 9.11. The minimum Gasteiger partial charge on any atom is -0.331 e. The molecule has 2 aromatic carbocycles. The molecule has 1 aliphatic carbocycles. The Balaban J connectivity index is 1.42. The van der Waals surface area contributed by atoms with E-state index in [1.54, 1.807) is 24.3 Å². The third-order valence-electron chi connectivity index (χ3n) is 4.65. The molecule has 28 heavy (non-hydrogen) atoms. The number of nitrogens with one attached hydrogen (secondary N) is 3. The van der Waals surface area contributed by atoms with Crippen LogP contribution in [0.15, 0.2) is 42.5 Å². The summed E-state index contributed by atoms with van der Waals surface area (Å²) in [4.78, 5) is 24.4. The van der Waals surface area contributed by atoms with Crippen LogP contribution in [-0.2, 0) is 17.6 Å². The number of aryl methyl sites for hydroxylation is 2. The third-order valence-corrected chi connectivity index (χ3v) is 5.09. The molecule has 0 atom stereocenters. The van der Waals surface area contributed by atoms with Crippen molar-refractivity contribution in [2.45, 2.75) is 38.5 Å². The van der Waals surface area contributed by atoms with E-state index < -0.39 is 0 Å². The van der Waals surface area contributed by atoms with Gasteiger partial charge in [0, 0.05) is 29.1 Å². The summed E-state index contributed by atoms with van der Waals surface area (Å²) in [5.74, 6) is -0.329. The van der Waals surface area contributed by atoms with E-state index in [0.717, 1.165) is 12.8 Å². The second-order valence-electron chi connectivity index (χ2n) is 6.75. The molecule has 3 rings (SSSR count). The Morgan fingerprint density at radius 3 is 2.54 bits per heavy atom. The van der Waals surface area contributed by atoms with E-state index in [1.165, 1.54) is 24.0 Å². The Morgan fingerprint density at radius 1 is 0.964 bits per heavy atom. The van der Waals surface area contributed by atoms with Crippen LogP contribution in [0.5, 0.6) is 0 Å². The summed E-state index contributed by atoms with van der Waals surface area (Å²) >= 11 is 11.0. The van der Waals surface area contributed by atoms with Crippen LogP contribution in [0.3, 0.4) is 0 Å². The Kier molecular flexibility index (Phi) is 7.01. The van der Waals surface area contributed by atoms with E-state index >= 15 is 0 Å². The van der Waals surface area contributed by atoms with Crippen LogP contribution >= 0.6 is 23.8 Å². The zero-order valence-corrected chi connectivity index (χ0v) is 17.0. The number of anilines is 1. The first-order chi connectivity index (χ1) is 13.5. The highest BCUT2D eigenvalue weighted by Crippen LogP contribution is 2.23. The molecule has 2 aromatic rings. The number of ketones is 1. The molecule has 0 aromatic heterocycles. The number of thiocarbonyl (C=S) groups is 1. The average molecular weight is 416 g/mol. The van der Waals surface area contributed by atoms with Gasteiger partial charge in [0.1, 0.15) is 0 Å². The van der Waals surface area contributed by atoms with Gasteiger partial charge >= 0.3 is 0 Å². The number of benzene rings is 2. The number of hydrogen-bond acceptors (Lipinski definition) is 3. The molecule has 0 saturated carbocycles. The summed E-state index contributed by atoms with van der Waals surface area (Å²) in [7, 11) is 0. The summed E-state index contributed by atoms with van der Waals surface area (Å²) in [5, 5.41) is 3.73. The molecule has 1 aliphatic rings. The van der Waals surface area contributed by atoms with Crippen LogP contribution in [0.2, 0.25) is 5.02 Å². The Bertz CT molecular complexity index is 901. The number of carbonyl (C=O) groups is 2. The summed E-state index contributed by atoms with van der Waals surface area (Å²) in [6, 6.07) is 13.0. The summed E-state index contributed by atoms with van der Waals surface area (Å²) in [6.45, 7) is 0. The number of hydrazine groups is 1. The lowest BCUT2D eigenvalue weighted by molar-refractivity contribution is -0.121. The Labute approximate surface area is 174 Å². The van der Waals surface area contributed by atoms with Gasteiger partial charge in [0.25, 0.3) is 0 Å². The maximum absolute atomic E-state index is 12.4. The summed E-state index contributed by atoms with van der Waals surface area (Å²) < 4.78 is 0. The lowest BCUT2D eigenvalue weighted by atomic mass is 9.89. The van der Waals surface area contributed by atoms with Crippen molar-refractivity contribution in [3.05, 3.63) is 64.2 Å². The fourth-order valence-corrected chi connectivity index (χ4v) is 3.56. The largest absolute Gasteiger partial charge is 0.331 e. The molecule has 1 amide bonds. The van der Waals surface area contributed by atoms with Gasteiger partial charge in [-0.1, -0.05) is 29.8 Å². The van der Waals surface area contributed by atoms with Crippen LogP contribution in [0.25, 0.3) is 0 Å². The minimum atomic E-state index is -0.304. The molecule has 0 radical (unpaired) electrons. The number of amides is 1. The van der Waals surface area contributed by atoms with Gasteiger partial charge in [-0.2, -0.15) is 0 Å². The molecule has 0 fully saturated rings. The number of Topliss-reactive ketones (excluding diaryl/α,β-unsaturated/α-hetero) is 1. The van der Waals surface area contributed by atoms with Gasteiger partial charge in [-0.3, -0.25) is 20.4 Å². The number of halogens is 1. The van der Waals surface area contributed by atoms with Gasteiger partial charge in [-0.15, -0.1) is 0 Å². The van der Waals surface area contributed by atoms with Crippen molar-refractivity contribution in [3.8, 4) is 0 Å². The normalized spacial score (nSPS) is 12.6. The van der Waals surface area contributed by atoms with Gasteiger partial charge in [0.2, 0.25) is 5.91 Å². The molecule has 0 saturated heterocycles. The van der Waals surface area contributed by atoms with E-state index in [1.807, 2.05) is 18.2 Å². The second kappa shape index (κ2) is 9.66. The van der Waals surface area contributed by atoms with Crippen LogP contribution in [0.1, 0.15) is 47.2 Å². The van der Waals surface area contributed by atoms with Crippen molar-refractivity contribution in [2.24, 2.45) is 0 Å². The van der Waals surface area contributed by atoms with Gasteiger partial charge in [-0.25, -0.2) is 0 Å². The minimum absolute atomic E-state index is 0.0249. The van der Waals surface area contributed by atoms with Crippen molar-refractivity contribution in [3.63, 3.8) is 0 Å². The van der Waals surface area contributed by atoms with E-state index in [0.29, 0.717) is 16.3 Å². The van der Waals surface area contributed by atoms with Crippen molar-refractivity contribution in [2.75, 3.05) is 5.32 Å². The second-order valence-corrected chi connectivity index (χ2v) is 7.60. The zero-order chi connectivity index (χ0) is 19.9. The molecule has 0 bridgehead atoms. The van der Waals surface area contributed by atoms with E-state index in [2.05, 4.69) is 16.2 Å². The number of fused-ring (bicyclic) bond motifs is 1. The number of rotatable bonds is 5. The van der Waals surface area contributed by atoms with Crippen LogP contribution in [-0.4, -0.2) is 16.8 Å². The molecule has 7 heteroatoms.